The van der Waals surface area contributed by atoms with Crippen LogP contribution in [0.1, 0.15) is 36.8 Å². The fourth-order valence-electron chi connectivity index (χ4n) is 3.62. The first-order chi connectivity index (χ1) is 11.1. The Labute approximate surface area is 148 Å². The normalized spacial score (nSPS) is 25.9. The van der Waals surface area contributed by atoms with Crippen LogP contribution in [0.4, 0.5) is 0 Å². The molecule has 1 aromatic rings. The molecule has 3 N–H and O–H groups in total. The molecule has 1 amide bonds. The van der Waals surface area contributed by atoms with E-state index in [4.69, 9.17) is 5.11 Å². The largest absolute Gasteiger partial charge is 0.481 e. The van der Waals surface area contributed by atoms with Crippen LogP contribution in [-0.2, 0) is 22.6 Å². The van der Waals surface area contributed by atoms with Crippen LogP contribution in [0.5, 0.6) is 0 Å². The van der Waals surface area contributed by atoms with E-state index in [-0.39, 0.29) is 30.3 Å². The molecule has 2 aliphatic rings. The number of carboxylic acid groups (broad SMARTS) is 1. The van der Waals surface area contributed by atoms with Crippen molar-refractivity contribution in [3.63, 3.8) is 0 Å². The summed E-state index contributed by atoms with van der Waals surface area (Å²) in [7, 11) is 0. The van der Waals surface area contributed by atoms with Crippen LogP contribution < -0.4 is 10.6 Å². The molecular weight excluding hydrogens is 328 g/mol. The number of fused-ring (bicyclic) bond motifs is 1. The van der Waals surface area contributed by atoms with Crippen LogP contribution in [0.2, 0.25) is 0 Å². The molecule has 132 valence electrons. The van der Waals surface area contributed by atoms with Gasteiger partial charge in [-0.1, -0.05) is 24.3 Å². The second-order valence-corrected chi connectivity index (χ2v) is 6.71. The van der Waals surface area contributed by atoms with Gasteiger partial charge in [0.2, 0.25) is 5.91 Å². The van der Waals surface area contributed by atoms with Crippen molar-refractivity contribution in [3.05, 3.63) is 35.4 Å². The quantitative estimate of drug-likeness (QED) is 0.775. The summed E-state index contributed by atoms with van der Waals surface area (Å²) in [4.78, 5) is 23.3. The summed E-state index contributed by atoms with van der Waals surface area (Å²) in [6.07, 6.45) is 3.96. The summed E-state index contributed by atoms with van der Waals surface area (Å²) < 4.78 is 0. The number of hydrogen-bond donors (Lipinski definition) is 3. The number of halogens is 1. The van der Waals surface area contributed by atoms with Gasteiger partial charge in [0.05, 0.1) is 12.0 Å². The molecule has 24 heavy (non-hydrogen) atoms. The number of benzene rings is 1. The molecule has 5 nitrogen and oxygen atoms in total. The van der Waals surface area contributed by atoms with E-state index in [1.165, 1.54) is 11.1 Å². The predicted octanol–water partition coefficient (Wildman–Crippen LogP) is 2.13. The summed E-state index contributed by atoms with van der Waals surface area (Å²) in [5, 5.41) is 15.4. The third-order valence-corrected chi connectivity index (χ3v) is 5.16. The first kappa shape index (κ1) is 18.7. The van der Waals surface area contributed by atoms with Gasteiger partial charge >= 0.3 is 5.97 Å². The molecular formula is C18H25ClN2O3. The number of amides is 1. The first-order valence-electron chi connectivity index (χ1n) is 8.44. The van der Waals surface area contributed by atoms with E-state index < -0.39 is 5.97 Å². The summed E-state index contributed by atoms with van der Waals surface area (Å²) in [6.45, 7) is 1.39. The average molecular weight is 353 g/mol. The SMILES string of the molecule is Cl.O=C(O)C1CCC(CNC(=O)[C@@H]2Cc3ccccc3CN2)CC1. The van der Waals surface area contributed by atoms with Gasteiger partial charge < -0.3 is 15.7 Å². The molecule has 1 atom stereocenters. The Morgan fingerprint density at radius 1 is 1.12 bits per heavy atom. The van der Waals surface area contributed by atoms with Crippen LogP contribution >= 0.6 is 12.4 Å². The maximum Gasteiger partial charge on any atom is 0.306 e. The number of hydrogen-bond acceptors (Lipinski definition) is 3. The van der Waals surface area contributed by atoms with Crippen molar-refractivity contribution < 1.29 is 14.7 Å². The summed E-state index contributed by atoms with van der Waals surface area (Å²) >= 11 is 0. The van der Waals surface area contributed by atoms with Crippen molar-refractivity contribution in [1.82, 2.24) is 10.6 Å². The smallest absolute Gasteiger partial charge is 0.306 e. The topological polar surface area (TPSA) is 78.4 Å². The molecule has 0 unspecified atom stereocenters. The van der Waals surface area contributed by atoms with Gasteiger partial charge in [0, 0.05) is 13.1 Å². The Bertz CT molecular complexity index is 585. The molecule has 0 radical (unpaired) electrons. The van der Waals surface area contributed by atoms with Gasteiger partial charge in [-0.15, -0.1) is 12.4 Å². The molecule has 0 spiro atoms. The van der Waals surface area contributed by atoms with Crippen molar-refractivity contribution >= 4 is 24.3 Å². The van der Waals surface area contributed by atoms with Crippen molar-refractivity contribution in [2.45, 2.75) is 44.7 Å². The fourth-order valence-corrected chi connectivity index (χ4v) is 3.62. The highest BCUT2D eigenvalue weighted by Gasteiger charge is 2.28. The van der Waals surface area contributed by atoms with Crippen molar-refractivity contribution in [2.24, 2.45) is 11.8 Å². The van der Waals surface area contributed by atoms with Gasteiger partial charge in [0.15, 0.2) is 0 Å². The molecule has 1 aliphatic heterocycles. The Kier molecular flexibility index (Phi) is 6.63. The molecule has 0 bridgehead atoms. The lowest BCUT2D eigenvalue weighted by atomic mass is 9.82. The minimum Gasteiger partial charge on any atom is -0.481 e. The first-order valence-corrected chi connectivity index (χ1v) is 8.44. The lowest BCUT2D eigenvalue weighted by Crippen LogP contribution is -2.48. The van der Waals surface area contributed by atoms with Gasteiger partial charge in [0.1, 0.15) is 0 Å². The highest BCUT2D eigenvalue weighted by molar-refractivity contribution is 5.85. The Morgan fingerprint density at radius 3 is 2.46 bits per heavy atom. The van der Waals surface area contributed by atoms with Crippen LogP contribution in [-0.4, -0.2) is 29.6 Å². The molecule has 1 aliphatic carbocycles. The average Bonchev–Trinajstić information content (AvgIpc) is 2.59. The van der Waals surface area contributed by atoms with E-state index in [2.05, 4.69) is 22.8 Å². The van der Waals surface area contributed by atoms with E-state index >= 15 is 0 Å². The zero-order valence-electron chi connectivity index (χ0n) is 13.7. The third kappa shape index (κ3) is 4.48. The van der Waals surface area contributed by atoms with E-state index in [9.17, 15) is 9.59 Å². The molecule has 1 aromatic carbocycles. The molecule has 1 fully saturated rings. The minimum absolute atomic E-state index is 0. The lowest BCUT2D eigenvalue weighted by Gasteiger charge is -2.28. The van der Waals surface area contributed by atoms with Crippen LogP contribution in [0.25, 0.3) is 0 Å². The van der Waals surface area contributed by atoms with Crippen molar-refractivity contribution in [3.8, 4) is 0 Å². The predicted molar refractivity (Wildman–Crippen MR) is 94.1 cm³/mol. The number of rotatable bonds is 4. The van der Waals surface area contributed by atoms with E-state index in [0.717, 1.165) is 38.6 Å². The van der Waals surface area contributed by atoms with Crippen molar-refractivity contribution in [2.75, 3.05) is 6.54 Å². The highest BCUT2D eigenvalue weighted by Crippen LogP contribution is 2.28. The second kappa shape index (κ2) is 8.49. The Hall–Kier alpha value is -1.59. The standard InChI is InChI=1S/C18H24N2O3.ClH/c21-17(16-9-14-3-1-2-4-15(14)11-19-16)20-10-12-5-7-13(8-6-12)18(22)23;/h1-4,12-13,16,19H,5-11H2,(H,20,21)(H,22,23);1H/t12?,13?,16-;/m0./s1. The number of aliphatic carboxylic acids is 1. The van der Waals surface area contributed by atoms with E-state index in [1.807, 2.05) is 12.1 Å². The van der Waals surface area contributed by atoms with Gasteiger partial charge in [-0.2, -0.15) is 0 Å². The molecule has 1 heterocycles. The fraction of sp³-hybridized carbons (Fsp3) is 0.556. The van der Waals surface area contributed by atoms with Gasteiger partial charge in [-0.3, -0.25) is 9.59 Å². The van der Waals surface area contributed by atoms with Gasteiger partial charge in [-0.05, 0) is 49.1 Å². The second-order valence-electron chi connectivity index (χ2n) is 6.71. The van der Waals surface area contributed by atoms with E-state index in [1.54, 1.807) is 0 Å². The maximum atomic E-state index is 12.4. The minimum atomic E-state index is -0.683. The molecule has 6 heteroatoms. The number of carbonyl (C=O) groups excluding carboxylic acids is 1. The number of carboxylic acids is 1. The van der Waals surface area contributed by atoms with E-state index in [0.29, 0.717) is 12.5 Å². The van der Waals surface area contributed by atoms with Gasteiger partial charge in [0.25, 0.3) is 0 Å². The molecule has 3 rings (SSSR count). The highest BCUT2D eigenvalue weighted by atomic mass is 35.5. The number of carbonyl (C=O) groups is 2. The summed E-state index contributed by atoms with van der Waals surface area (Å²) in [6, 6.07) is 8.05. The maximum absolute atomic E-state index is 12.4. The van der Waals surface area contributed by atoms with Crippen LogP contribution in [0.3, 0.4) is 0 Å². The van der Waals surface area contributed by atoms with Crippen LogP contribution in [0.15, 0.2) is 24.3 Å². The number of nitrogens with one attached hydrogen (secondary N) is 2. The monoisotopic (exact) mass is 352 g/mol. The third-order valence-electron chi connectivity index (χ3n) is 5.16. The molecule has 0 aromatic heterocycles. The molecule has 0 saturated heterocycles. The zero-order chi connectivity index (χ0) is 16.2. The summed E-state index contributed by atoms with van der Waals surface area (Å²) in [5.74, 6) is -0.415. The molecule has 1 saturated carbocycles. The Balaban J connectivity index is 0.00000208. The summed E-state index contributed by atoms with van der Waals surface area (Å²) in [5.41, 5.74) is 2.51. The van der Waals surface area contributed by atoms with Crippen LogP contribution in [0, 0.1) is 11.8 Å². The zero-order valence-corrected chi connectivity index (χ0v) is 14.5. The van der Waals surface area contributed by atoms with Gasteiger partial charge in [-0.25, -0.2) is 0 Å². The Morgan fingerprint density at radius 2 is 1.79 bits per heavy atom. The van der Waals surface area contributed by atoms with Crippen molar-refractivity contribution in [1.29, 1.82) is 0 Å². The lowest BCUT2D eigenvalue weighted by molar-refractivity contribution is -0.143.